The van der Waals surface area contributed by atoms with Gasteiger partial charge >= 0.3 is 0 Å². The second-order valence-corrected chi connectivity index (χ2v) is 8.00. The van der Waals surface area contributed by atoms with Crippen LogP contribution in [0.25, 0.3) is 0 Å². The van der Waals surface area contributed by atoms with E-state index in [2.05, 4.69) is 10.1 Å². The summed E-state index contributed by atoms with van der Waals surface area (Å²) in [6, 6.07) is 0. The predicted octanol–water partition coefficient (Wildman–Crippen LogP) is 3.46. The zero-order valence-corrected chi connectivity index (χ0v) is 15.3. The van der Waals surface area contributed by atoms with E-state index in [1.165, 1.54) is 24.1 Å². The maximum absolute atomic E-state index is 12.9. The maximum Gasteiger partial charge on any atom is 0.225 e. The van der Waals surface area contributed by atoms with Crippen LogP contribution in [0, 0.1) is 5.92 Å². The molecule has 0 spiro atoms. The first-order chi connectivity index (χ1) is 12.3. The number of fused-ring (bicyclic) bond motifs is 1. The van der Waals surface area contributed by atoms with E-state index in [1.807, 2.05) is 0 Å². The van der Waals surface area contributed by atoms with Gasteiger partial charge in [0.2, 0.25) is 5.91 Å². The first-order valence-electron chi connectivity index (χ1n) is 10.0. The number of aryl methyl sites for hydroxylation is 1. The van der Waals surface area contributed by atoms with Gasteiger partial charge in [-0.05, 0) is 57.8 Å². The average molecular weight is 346 g/mol. The van der Waals surface area contributed by atoms with Crippen molar-refractivity contribution in [3.05, 3.63) is 17.0 Å². The van der Waals surface area contributed by atoms with E-state index in [0.717, 1.165) is 70.2 Å². The van der Waals surface area contributed by atoms with Gasteiger partial charge in [-0.25, -0.2) is 0 Å². The predicted molar refractivity (Wildman–Crippen MR) is 94.5 cm³/mol. The summed E-state index contributed by atoms with van der Waals surface area (Å²) >= 11 is 0. The average Bonchev–Trinajstić information content (AvgIpc) is 3.12. The summed E-state index contributed by atoms with van der Waals surface area (Å²) in [5.41, 5.74) is 2.57. The second-order valence-electron chi connectivity index (χ2n) is 8.00. The van der Waals surface area contributed by atoms with Crippen molar-refractivity contribution in [1.82, 2.24) is 10.1 Å². The first-order valence-corrected chi connectivity index (χ1v) is 10.0. The molecule has 1 aromatic rings. The summed E-state index contributed by atoms with van der Waals surface area (Å²) in [7, 11) is 1.76. The van der Waals surface area contributed by atoms with E-state index in [-0.39, 0.29) is 12.0 Å². The summed E-state index contributed by atoms with van der Waals surface area (Å²) in [5.74, 6) is 2.07. The molecule has 5 nitrogen and oxygen atoms in total. The van der Waals surface area contributed by atoms with Gasteiger partial charge in [-0.3, -0.25) is 4.79 Å². The first kappa shape index (κ1) is 17.1. The number of rotatable bonds is 3. The SMILES string of the molecule is CO[C@@H]1CCC[C@H](C(=O)N2CCC(c3onc4c3CCCC4)CC2)C1. The number of piperidine rings is 1. The lowest BCUT2D eigenvalue weighted by atomic mass is 9.84. The molecule has 2 fully saturated rings. The van der Waals surface area contributed by atoms with Gasteiger partial charge in [0.05, 0.1) is 11.8 Å². The van der Waals surface area contributed by atoms with Crippen LogP contribution in [-0.2, 0) is 22.4 Å². The quantitative estimate of drug-likeness (QED) is 0.841. The van der Waals surface area contributed by atoms with Crippen LogP contribution < -0.4 is 0 Å². The highest BCUT2D eigenvalue weighted by atomic mass is 16.5. The van der Waals surface area contributed by atoms with Crippen LogP contribution in [0.15, 0.2) is 4.52 Å². The molecular weight excluding hydrogens is 316 g/mol. The van der Waals surface area contributed by atoms with Crippen molar-refractivity contribution in [3.63, 3.8) is 0 Å². The van der Waals surface area contributed by atoms with Crippen molar-refractivity contribution in [1.29, 1.82) is 0 Å². The molecule has 2 atom stereocenters. The van der Waals surface area contributed by atoms with Gasteiger partial charge in [0.1, 0.15) is 5.76 Å². The molecule has 5 heteroatoms. The van der Waals surface area contributed by atoms with E-state index in [0.29, 0.717) is 11.8 Å². The molecule has 0 bridgehead atoms. The molecule has 2 heterocycles. The minimum Gasteiger partial charge on any atom is -0.381 e. The summed E-state index contributed by atoms with van der Waals surface area (Å²) in [4.78, 5) is 15.0. The van der Waals surface area contributed by atoms with Crippen LogP contribution in [0.3, 0.4) is 0 Å². The molecule has 0 aromatic carbocycles. The number of hydrogen-bond acceptors (Lipinski definition) is 4. The third-order valence-corrected chi connectivity index (χ3v) is 6.48. The van der Waals surface area contributed by atoms with E-state index < -0.39 is 0 Å². The number of carbonyl (C=O) groups excluding carboxylic acids is 1. The molecular formula is C20H30N2O3. The topological polar surface area (TPSA) is 55.6 Å². The van der Waals surface area contributed by atoms with Gasteiger partial charge in [-0.1, -0.05) is 11.6 Å². The number of ether oxygens (including phenoxy) is 1. The van der Waals surface area contributed by atoms with E-state index in [4.69, 9.17) is 9.26 Å². The molecule has 138 valence electrons. The molecule has 1 amide bonds. The molecule has 1 aromatic heterocycles. The van der Waals surface area contributed by atoms with E-state index in [1.54, 1.807) is 7.11 Å². The Kier molecular flexibility index (Phi) is 5.11. The Hall–Kier alpha value is -1.36. The van der Waals surface area contributed by atoms with Crippen LogP contribution in [-0.4, -0.2) is 42.3 Å². The standard InChI is InChI=1S/C20H30N2O3/c1-24-16-6-4-5-15(13-16)20(23)22-11-9-14(10-12-22)19-17-7-2-3-8-18(17)21-25-19/h14-16H,2-13H2,1H3/t15-,16+/m0/s1. The lowest BCUT2D eigenvalue weighted by molar-refractivity contribution is -0.139. The Bertz CT molecular complexity index is 604. The lowest BCUT2D eigenvalue weighted by Gasteiger charge is -2.36. The van der Waals surface area contributed by atoms with Gasteiger partial charge in [0, 0.05) is 37.6 Å². The number of nitrogens with zero attached hydrogens (tertiary/aromatic N) is 2. The number of carbonyl (C=O) groups is 1. The molecule has 1 saturated heterocycles. The Morgan fingerprint density at radius 1 is 1.12 bits per heavy atom. The van der Waals surface area contributed by atoms with E-state index in [9.17, 15) is 4.79 Å². The number of aromatic nitrogens is 1. The van der Waals surface area contributed by atoms with Crippen LogP contribution in [0.5, 0.6) is 0 Å². The smallest absolute Gasteiger partial charge is 0.225 e. The maximum atomic E-state index is 12.9. The molecule has 1 saturated carbocycles. The normalized spacial score (nSPS) is 28.0. The minimum atomic E-state index is 0.160. The van der Waals surface area contributed by atoms with Gasteiger partial charge in [-0.2, -0.15) is 0 Å². The number of methoxy groups -OCH3 is 1. The molecule has 1 aliphatic heterocycles. The van der Waals surface area contributed by atoms with Crippen molar-refractivity contribution in [3.8, 4) is 0 Å². The number of amides is 1. The van der Waals surface area contributed by atoms with Crippen LogP contribution >= 0.6 is 0 Å². The van der Waals surface area contributed by atoms with Gasteiger partial charge in [-0.15, -0.1) is 0 Å². The lowest BCUT2D eigenvalue weighted by Crippen LogP contribution is -2.43. The highest BCUT2D eigenvalue weighted by molar-refractivity contribution is 5.79. The van der Waals surface area contributed by atoms with Crippen LogP contribution in [0.2, 0.25) is 0 Å². The summed E-state index contributed by atoms with van der Waals surface area (Å²) in [6.45, 7) is 1.71. The Morgan fingerprint density at radius 3 is 2.72 bits per heavy atom. The second kappa shape index (κ2) is 7.48. The van der Waals surface area contributed by atoms with Crippen LogP contribution in [0.4, 0.5) is 0 Å². The molecule has 25 heavy (non-hydrogen) atoms. The third-order valence-electron chi connectivity index (χ3n) is 6.48. The van der Waals surface area contributed by atoms with Crippen molar-refractivity contribution >= 4 is 5.91 Å². The fraction of sp³-hybridized carbons (Fsp3) is 0.800. The fourth-order valence-corrected chi connectivity index (χ4v) is 4.94. The highest BCUT2D eigenvalue weighted by Crippen LogP contribution is 2.36. The molecule has 3 aliphatic rings. The van der Waals surface area contributed by atoms with Crippen molar-refractivity contribution in [2.24, 2.45) is 5.92 Å². The fourth-order valence-electron chi connectivity index (χ4n) is 4.94. The summed E-state index contributed by atoms with van der Waals surface area (Å²) < 4.78 is 11.2. The molecule has 2 aliphatic carbocycles. The molecule has 0 unspecified atom stereocenters. The minimum absolute atomic E-state index is 0.160. The van der Waals surface area contributed by atoms with Gasteiger partial charge in [0.25, 0.3) is 0 Å². The third kappa shape index (κ3) is 3.48. The van der Waals surface area contributed by atoms with Crippen molar-refractivity contribution < 1.29 is 14.1 Å². The molecule has 0 N–H and O–H groups in total. The largest absolute Gasteiger partial charge is 0.381 e. The number of hydrogen-bond donors (Lipinski definition) is 0. The van der Waals surface area contributed by atoms with Crippen molar-refractivity contribution in [2.45, 2.75) is 76.2 Å². The Labute approximate surface area is 150 Å². The zero-order chi connectivity index (χ0) is 17.2. The van der Waals surface area contributed by atoms with Gasteiger partial charge < -0.3 is 14.2 Å². The monoisotopic (exact) mass is 346 g/mol. The Balaban J connectivity index is 1.35. The van der Waals surface area contributed by atoms with E-state index >= 15 is 0 Å². The zero-order valence-electron chi connectivity index (χ0n) is 15.3. The van der Waals surface area contributed by atoms with Crippen molar-refractivity contribution in [2.75, 3.05) is 20.2 Å². The number of likely N-dealkylation sites (tertiary alicyclic amines) is 1. The Morgan fingerprint density at radius 2 is 1.92 bits per heavy atom. The van der Waals surface area contributed by atoms with Gasteiger partial charge in [0.15, 0.2) is 0 Å². The van der Waals surface area contributed by atoms with Crippen LogP contribution in [0.1, 0.15) is 74.3 Å². The molecule has 0 radical (unpaired) electrons. The molecule has 4 rings (SSSR count). The summed E-state index contributed by atoms with van der Waals surface area (Å²) in [6.07, 6.45) is 11.1. The highest BCUT2D eigenvalue weighted by Gasteiger charge is 2.34. The summed E-state index contributed by atoms with van der Waals surface area (Å²) in [5, 5.41) is 4.31.